The van der Waals surface area contributed by atoms with Crippen molar-refractivity contribution in [1.82, 2.24) is 10.2 Å². The molecule has 0 saturated carbocycles. The minimum absolute atomic E-state index is 0.0233. The number of amides is 2. The highest BCUT2D eigenvalue weighted by Gasteiger charge is 2.24. The highest BCUT2D eigenvalue weighted by atomic mass is 32.1. The van der Waals surface area contributed by atoms with E-state index in [0.29, 0.717) is 12.8 Å². The second kappa shape index (κ2) is 6.88. The van der Waals surface area contributed by atoms with E-state index in [1.807, 2.05) is 7.05 Å². The van der Waals surface area contributed by atoms with Crippen LogP contribution < -0.4 is 5.32 Å². The van der Waals surface area contributed by atoms with E-state index in [0.717, 1.165) is 25.8 Å². The van der Waals surface area contributed by atoms with Crippen molar-refractivity contribution in [3.05, 3.63) is 21.9 Å². The molecule has 0 bridgehead atoms. The molecule has 0 aliphatic carbocycles. The van der Waals surface area contributed by atoms with Gasteiger partial charge in [-0.15, -0.1) is 11.3 Å². The van der Waals surface area contributed by atoms with E-state index >= 15 is 0 Å². The summed E-state index contributed by atoms with van der Waals surface area (Å²) in [4.78, 5) is 27.8. The van der Waals surface area contributed by atoms with Crippen LogP contribution in [0, 0.1) is 6.92 Å². The van der Waals surface area contributed by atoms with Crippen LogP contribution in [0.4, 0.5) is 0 Å². The summed E-state index contributed by atoms with van der Waals surface area (Å²) >= 11 is 1.79. The van der Waals surface area contributed by atoms with Crippen molar-refractivity contribution in [2.24, 2.45) is 0 Å². The molecule has 1 atom stereocenters. The number of carbonyl (C=O) groups excluding carboxylic acids is 2. The number of rotatable bonds is 5. The number of nitrogens with zero attached hydrogens (tertiary/aromatic N) is 1. The molecular formula is C15H22N2O2S. The second-order valence-electron chi connectivity index (χ2n) is 5.44. The zero-order chi connectivity index (χ0) is 14.5. The molecule has 0 radical (unpaired) electrons. The third-order valence-corrected chi connectivity index (χ3v) is 4.71. The molecule has 1 fully saturated rings. The summed E-state index contributed by atoms with van der Waals surface area (Å²) < 4.78 is 0. The summed E-state index contributed by atoms with van der Waals surface area (Å²) in [5, 5.41) is 2.98. The van der Waals surface area contributed by atoms with Crippen LogP contribution in [0.2, 0.25) is 0 Å². The minimum Gasteiger partial charge on any atom is -0.353 e. The molecule has 1 aliphatic heterocycles. The lowest BCUT2D eigenvalue weighted by atomic mass is 10.0. The summed E-state index contributed by atoms with van der Waals surface area (Å²) in [7, 11) is 1.81. The fourth-order valence-electron chi connectivity index (χ4n) is 2.41. The van der Waals surface area contributed by atoms with Crippen molar-refractivity contribution in [2.45, 2.75) is 45.1 Å². The van der Waals surface area contributed by atoms with E-state index < -0.39 is 0 Å². The molecule has 0 spiro atoms. The van der Waals surface area contributed by atoms with Crippen molar-refractivity contribution in [2.75, 3.05) is 13.6 Å². The number of thiophene rings is 1. The maximum atomic E-state index is 11.9. The Balaban J connectivity index is 1.66. The van der Waals surface area contributed by atoms with E-state index in [1.54, 1.807) is 16.2 Å². The van der Waals surface area contributed by atoms with Crippen LogP contribution in [0.25, 0.3) is 0 Å². The van der Waals surface area contributed by atoms with Crippen LogP contribution >= 0.6 is 11.3 Å². The summed E-state index contributed by atoms with van der Waals surface area (Å²) in [6.45, 7) is 2.83. The summed E-state index contributed by atoms with van der Waals surface area (Å²) in [5.74, 6) is 0.191. The van der Waals surface area contributed by atoms with Gasteiger partial charge in [-0.2, -0.15) is 0 Å². The molecule has 1 N–H and O–H groups in total. The standard InChI is InChI=1S/C15H22N2O2S/c1-11-6-7-13(20-11)4-3-5-14(18)16-12-8-9-17(2)15(19)10-12/h6-7,12H,3-5,8-10H2,1-2H3,(H,16,18)/t12-/m1/s1. The van der Waals surface area contributed by atoms with E-state index in [9.17, 15) is 9.59 Å². The molecule has 0 unspecified atom stereocenters. The molecule has 1 aliphatic rings. The zero-order valence-electron chi connectivity index (χ0n) is 12.1. The minimum atomic E-state index is 0.0233. The van der Waals surface area contributed by atoms with Gasteiger partial charge in [0.25, 0.3) is 0 Å². The van der Waals surface area contributed by atoms with Crippen LogP contribution in [-0.2, 0) is 16.0 Å². The van der Waals surface area contributed by atoms with E-state index in [1.165, 1.54) is 9.75 Å². The summed E-state index contributed by atoms with van der Waals surface area (Å²) in [6, 6.07) is 4.27. The number of aryl methyl sites for hydroxylation is 2. The van der Waals surface area contributed by atoms with Crippen LogP contribution in [0.3, 0.4) is 0 Å². The number of piperidine rings is 1. The lowest BCUT2D eigenvalue weighted by Crippen LogP contribution is -2.46. The van der Waals surface area contributed by atoms with Gasteiger partial charge in [0, 0.05) is 42.2 Å². The SMILES string of the molecule is Cc1ccc(CCCC(=O)N[C@@H]2CCN(C)C(=O)C2)s1. The van der Waals surface area contributed by atoms with Crippen molar-refractivity contribution in [3.8, 4) is 0 Å². The van der Waals surface area contributed by atoms with E-state index in [-0.39, 0.29) is 17.9 Å². The smallest absolute Gasteiger partial charge is 0.224 e. The topological polar surface area (TPSA) is 49.4 Å². The van der Waals surface area contributed by atoms with Gasteiger partial charge in [0.1, 0.15) is 0 Å². The average Bonchev–Trinajstić information content (AvgIpc) is 2.80. The third kappa shape index (κ3) is 4.34. The predicted octanol–water partition coefficient (Wildman–Crippen LogP) is 2.12. The lowest BCUT2D eigenvalue weighted by Gasteiger charge is -2.29. The second-order valence-corrected chi connectivity index (χ2v) is 6.81. The van der Waals surface area contributed by atoms with E-state index in [2.05, 4.69) is 24.4 Å². The average molecular weight is 294 g/mol. The molecule has 5 heteroatoms. The van der Waals surface area contributed by atoms with Crippen molar-refractivity contribution >= 4 is 23.2 Å². The molecular weight excluding hydrogens is 272 g/mol. The first-order valence-corrected chi connectivity index (χ1v) is 7.95. The summed E-state index contributed by atoms with van der Waals surface area (Å²) in [6.07, 6.45) is 3.66. The van der Waals surface area contributed by atoms with E-state index in [4.69, 9.17) is 0 Å². The van der Waals surface area contributed by atoms with Crippen molar-refractivity contribution < 1.29 is 9.59 Å². The van der Waals surface area contributed by atoms with Crippen LogP contribution in [0.15, 0.2) is 12.1 Å². The Morgan fingerprint density at radius 2 is 2.30 bits per heavy atom. The monoisotopic (exact) mass is 294 g/mol. The van der Waals surface area contributed by atoms with Gasteiger partial charge in [0.2, 0.25) is 11.8 Å². The van der Waals surface area contributed by atoms with Gasteiger partial charge in [-0.1, -0.05) is 0 Å². The van der Waals surface area contributed by atoms with Gasteiger partial charge in [0.15, 0.2) is 0 Å². The molecule has 2 rings (SSSR count). The van der Waals surface area contributed by atoms with Crippen LogP contribution in [0.1, 0.15) is 35.4 Å². The van der Waals surface area contributed by atoms with Gasteiger partial charge in [-0.05, 0) is 38.3 Å². The Kier molecular flexibility index (Phi) is 5.17. The molecule has 110 valence electrons. The van der Waals surface area contributed by atoms with Crippen molar-refractivity contribution in [1.29, 1.82) is 0 Å². The lowest BCUT2D eigenvalue weighted by molar-refractivity contribution is -0.133. The number of nitrogens with one attached hydrogen (secondary N) is 1. The number of likely N-dealkylation sites (tertiary alicyclic amines) is 1. The largest absolute Gasteiger partial charge is 0.353 e. The van der Waals surface area contributed by atoms with Crippen LogP contribution in [-0.4, -0.2) is 36.3 Å². The fourth-order valence-corrected chi connectivity index (χ4v) is 3.34. The quantitative estimate of drug-likeness (QED) is 0.904. The van der Waals surface area contributed by atoms with Crippen molar-refractivity contribution in [3.63, 3.8) is 0 Å². The number of hydrogen-bond acceptors (Lipinski definition) is 3. The maximum absolute atomic E-state index is 11.9. The first kappa shape index (κ1) is 15.0. The Hall–Kier alpha value is -1.36. The maximum Gasteiger partial charge on any atom is 0.224 e. The highest BCUT2D eigenvalue weighted by Crippen LogP contribution is 2.17. The molecule has 2 heterocycles. The first-order chi connectivity index (χ1) is 9.54. The Morgan fingerprint density at radius 3 is 2.95 bits per heavy atom. The number of carbonyl (C=O) groups is 2. The number of hydrogen-bond donors (Lipinski definition) is 1. The fraction of sp³-hybridized carbons (Fsp3) is 0.600. The normalized spacial score (nSPS) is 19.2. The molecule has 0 aromatic carbocycles. The molecule has 1 aromatic heterocycles. The Bertz CT molecular complexity index is 484. The molecule has 4 nitrogen and oxygen atoms in total. The van der Waals surface area contributed by atoms with Gasteiger partial charge < -0.3 is 10.2 Å². The molecule has 1 saturated heterocycles. The molecule has 2 amide bonds. The van der Waals surface area contributed by atoms with Crippen LogP contribution in [0.5, 0.6) is 0 Å². The van der Waals surface area contributed by atoms with Gasteiger partial charge in [-0.3, -0.25) is 9.59 Å². The molecule has 1 aromatic rings. The predicted molar refractivity (Wildman–Crippen MR) is 80.8 cm³/mol. The zero-order valence-corrected chi connectivity index (χ0v) is 13.0. The Labute approximate surface area is 124 Å². The van der Waals surface area contributed by atoms with Gasteiger partial charge >= 0.3 is 0 Å². The third-order valence-electron chi connectivity index (χ3n) is 3.65. The highest BCUT2D eigenvalue weighted by molar-refractivity contribution is 7.11. The van der Waals surface area contributed by atoms with Gasteiger partial charge in [-0.25, -0.2) is 0 Å². The summed E-state index contributed by atoms with van der Waals surface area (Å²) in [5.41, 5.74) is 0. The molecule has 20 heavy (non-hydrogen) atoms. The first-order valence-electron chi connectivity index (χ1n) is 7.13. The Morgan fingerprint density at radius 1 is 1.50 bits per heavy atom. The van der Waals surface area contributed by atoms with Gasteiger partial charge in [0.05, 0.1) is 0 Å².